The van der Waals surface area contributed by atoms with Crippen LogP contribution in [0.4, 0.5) is 0 Å². The Hall–Kier alpha value is -2.34. The molecular weight excluding hydrogens is 286 g/mol. The van der Waals surface area contributed by atoms with Gasteiger partial charge < -0.3 is 19.2 Å². The molecule has 2 aromatic rings. The number of aliphatic hydroxyl groups is 1. The van der Waals surface area contributed by atoms with E-state index in [9.17, 15) is 14.7 Å². The molecule has 1 aliphatic heterocycles. The molecule has 1 fully saturated rings. The number of benzene rings is 1. The van der Waals surface area contributed by atoms with Gasteiger partial charge in [-0.2, -0.15) is 0 Å². The second-order valence-corrected chi connectivity index (χ2v) is 5.50. The molecule has 6 heteroatoms. The van der Waals surface area contributed by atoms with Crippen molar-refractivity contribution in [2.75, 3.05) is 13.7 Å². The number of ether oxygens (including phenoxy) is 1. The largest absolute Gasteiger partial charge is 0.467 e. The van der Waals surface area contributed by atoms with Crippen molar-refractivity contribution in [2.45, 2.75) is 25.5 Å². The molecule has 1 aliphatic rings. The number of amides is 1. The predicted molar refractivity (Wildman–Crippen MR) is 78.4 cm³/mol. The van der Waals surface area contributed by atoms with Crippen molar-refractivity contribution in [1.29, 1.82) is 0 Å². The van der Waals surface area contributed by atoms with Crippen LogP contribution in [0.3, 0.4) is 0 Å². The number of hydrogen-bond donors (Lipinski definition) is 1. The van der Waals surface area contributed by atoms with Crippen molar-refractivity contribution in [1.82, 2.24) is 4.90 Å². The molecule has 1 aromatic carbocycles. The molecular formula is C16H17NO5. The fourth-order valence-electron chi connectivity index (χ4n) is 2.87. The zero-order chi connectivity index (χ0) is 15.9. The summed E-state index contributed by atoms with van der Waals surface area (Å²) in [6, 6.07) is 6.23. The zero-order valence-corrected chi connectivity index (χ0v) is 12.4. The van der Waals surface area contributed by atoms with E-state index in [2.05, 4.69) is 0 Å². The van der Waals surface area contributed by atoms with E-state index in [0.717, 1.165) is 11.1 Å². The highest BCUT2D eigenvalue weighted by molar-refractivity contribution is 6.00. The van der Waals surface area contributed by atoms with Gasteiger partial charge in [-0.15, -0.1) is 0 Å². The topological polar surface area (TPSA) is 80.0 Å². The van der Waals surface area contributed by atoms with Crippen LogP contribution in [0.1, 0.15) is 22.5 Å². The maximum Gasteiger partial charge on any atom is 0.328 e. The smallest absolute Gasteiger partial charge is 0.328 e. The molecule has 116 valence electrons. The highest BCUT2D eigenvalue weighted by Crippen LogP contribution is 2.25. The number of likely N-dealkylation sites (tertiary alicyclic amines) is 1. The Morgan fingerprint density at radius 3 is 2.86 bits per heavy atom. The average molecular weight is 303 g/mol. The number of furan rings is 1. The number of methoxy groups -OCH3 is 1. The number of rotatable bonds is 2. The van der Waals surface area contributed by atoms with Crippen molar-refractivity contribution in [2.24, 2.45) is 0 Å². The van der Waals surface area contributed by atoms with E-state index in [1.807, 2.05) is 13.0 Å². The fraction of sp³-hybridized carbons (Fsp3) is 0.375. The van der Waals surface area contributed by atoms with Crippen molar-refractivity contribution in [3.8, 4) is 0 Å². The van der Waals surface area contributed by atoms with E-state index in [1.54, 1.807) is 18.2 Å². The quantitative estimate of drug-likeness (QED) is 0.850. The lowest BCUT2D eigenvalue weighted by molar-refractivity contribution is -0.145. The molecule has 0 spiro atoms. The second kappa shape index (κ2) is 5.46. The average Bonchev–Trinajstić information content (AvgIpc) is 3.06. The number of carbonyl (C=O) groups is 2. The van der Waals surface area contributed by atoms with Crippen LogP contribution < -0.4 is 0 Å². The Kier molecular flexibility index (Phi) is 3.62. The Bertz CT molecular complexity index is 735. The van der Waals surface area contributed by atoms with Crippen molar-refractivity contribution < 1.29 is 23.8 Å². The minimum atomic E-state index is -0.741. The molecule has 0 bridgehead atoms. The molecule has 6 nitrogen and oxygen atoms in total. The summed E-state index contributed by atoms with van der Waals surface area (Å²) >= 11 is 0. The van der Waals surface area contributed by atoms with Crippen molar-refractivity contribution in [3.05, 3.63) is 35.6 Å². The summed E-state index contributed by atoms with van der Waals surface area (Å²) in [5.74, 6) is -0.0403. The minimum Gasteiger partial charge on any atom is -0.467 e. The van der Waals surface area contributed by atoms with Gasteiger partial charge in [-0.25, -0.2) is 4.79 Å². The molecule has 1 saturated heterocycles. The molecule has 0 aliphatic carbocycles. The molecule has 2 heterocycles. The van der Waals surface area contributed by atoms with E-state index in [4.69, 9.17) is 9.15 Å². The third-order valence-electron chi connectivity index (χ3n) is 3.90. The Morgan fingerprint density at radius 2 is 2.14 bits per heavy atom. The number of aliphatic hydroxyl groups excluding tert-OH is 1. The summed E-state index contributed by atoms with van der Waals surface area (Å²) in [6.45, 7) is 1.96. The van der Waals surface area contributed by atoms with Gasteiger partial charge in [0, 0.05) is 23.9 Å². The number of esters is 1. The van der Waals surface area contributed by atoms with Crippen molar-refractivity contribution in [3.63, 3.8) is 0 Å². The molecule has 0 unspecified atom stereocenters. The first-order valence-electron chi connectivity index (χ1n) is 7.06. The van der Waals surface area contributed by atoms with Crippen LogP contribution in [0.5, 0.6) is 0 Å². The molecule has 0 saturated carbocycles. The Labute approximate surface area is 127 Å². The van der Waals surface area contributed by atoms with Gasteiger partial charge in [0.1, 0.15) is 17.4 Å². The minimum absolute atomic E-state index is 0.126. The molecule has 3 rings (SSSR count). The zero-order valence-electron chi connectivity index (χ0n) is 12.4. The van der Waals surface area contributed by atoms with E-state index in [1.165, 1.54) is 12.0 Å². The lowest BCUT2D eigenvalue weighted by atomic mass is 10.1. The highest BCUT2D eigenvalue weighted by Gasteiger charge is 2.39. The third-order valence-corrected chi connectivity index (χ3v) is 3.90. The van der Waals surface area contributed by atoms with Crippen LogP contribution in [-0.4, -0.2) is 47.7 Å². The molecule has 2 atom stereocenters. The van der Waals surface area contributed by atoms with E-state index in [-0.39, 0.29) is 18.9 Å². The van der Waals surface area contributed by atoms with E-state index >= 15 is 0 Å². The van der Waals surface area contributed by atoms with Crippen LogP contribution >= 0.6 is 0 Å². The van der Waals surface area contributed by atoms with Gasteiger partial charge in [-0.1, -0.05) is 0 Å². The van der Waals surface area contributed by atoms with E-state index < -0.39 is 18.1 Å². The summed E-state index contributed by atoms with van der Waals surface area (Å²) in [4.78, 5) is 25.8. The summed E-state index contributed by atoms with van der Waals surface area (Å²) in [7, 11) is 1.27. The summed E-state index contributed by atoms with van der Waals surface area (Å²) < 4.78 is 10.2. The SMILES string of the molecule is COC(=O)[C@@H]1C[C@@H](O)CN1C(=O)c1ccc2oc(C)cc2c1. The van der Waals surface area contributed by atoms with Gasteiger partial charge in [0.05, 0.1) is 13.2 Å². The van der Waals surface area contributed by atoms with Gasteiger partial charge in [-0.05, 0) is 31.2 Å². The normalized spacial score (nSPS) is 21.3. The molecule has 22 heavy (non-hydrogen) atoms. The van der Waals surface area contributed by atoms with Gasteiger partial charge in [0.15, 0.2) is 0 Å². The standard InChI is InChI=1S/C16H17NO5/c1-9-5-11-6-10(3-4-14(11)22-9)15(19)17-8-12(18)7-13(17)16(20)21-2/h3-6,12-13,18H,7-8H2,1-2H3/t12-,13+/m1/s1. The monoisotopic (exact) mass is 303 g/mol. The maximum atomic E-state index is 12.7. The second-order valence-electron chi connectivity index (χ2n) is 5.50. The van der Waals surface area contributed by atoms with Crippen LogP contribution in [0.25, 0.3) is 11.0 Å². The Balaban J connectivity index is 1.91. The van der Waals surface area contributed by atoms with Crippen LogP contribution in [-0.2, 0) is 9.53 Å². The Morgan fingerprint density at radius 1 is 1.36 bits per heavy atom. The van der Waals surface area contributed by atoms with Gasteiger partial charge in [-0.3, -0.25) is 4.79 Å². The lowest BCUT2D eigenvalue weighted by Gasteiger charge is -2.22. The van der Waals surface area contributed by atoms with Gasteiger partial charge in [0.2, 0.25) is 0 Å². The fourth-order valence-corrected chi connectivity index (χ4v) is 2.87. The summed E-state index contributed by atoms with van der Waals surface area (Å²) in [5.41, 5.74) is 1.16. The van der Waals surface area contributed by atoms with Crippen LogP contribution in [0.15, 0.2) is 28.7 Å². The first kappa shape index (κ1) is 14.6. The first-order valence-corrected chi connectivity index (χ1v) is 7.06. The van der Waals surface area contributed by atoms with E-state index in [0.29, 0.717) is 11.1 Å². The number of β-amino-alcohol motifs (C(OH)–C–C–N with tert-alkyl or cyclic N) is 1. The molecule has 1 aromatic heterocycles. The molecule has 1 amide bonds. The predicted octanol–water partition coefficient (Wildman–Crippen LogP) is 1.49. The summed E-state index contributed by atoms with van der Waals surface area (Å²) in [5, 5.41) is 10.6. The number of hydrogen-bond acceptors (Lipinski definition) is 5. The summed E-state index contributed by atoms with van der Waals surface area (Å²) in [6.07, 6.45) is -0.515. The maximum absolute atomic E-state index is 12.7. The molecule has 1 N–H and O–H groups in total. The number of carbonyl (C=O) groups excluding carboxylic acids is 2. The van der Waals surface area contributed by atoms with Crippen molar-refractivity contribution >= 4 is 22.8 Å². The third kappa shape index (κ3) is 2.46. The molecule has 0 radical (unpaired) electrons. The lowest BCUT2D eigenvalue weighted by Crippen LogP contribution is -2.41. The number of fused-ring (bicyclic) bond motifs is 1. The van der Waals surface area contributed by atoms with Crippen LogP contribution in [0.2, 0.25) is 0 Å². The van der Waals surface area contributed by atoms with Gasteiger partial charge >= 0.3 is 5.97 Å². The number of aryl methyl sites for hydroxylation is 1. The van der Waals surface area contributed by atoms with Crippen LogP contribution in [0, 0.1) is 6.92 Å². The van der Waals surface area contributed by atoms with Gasteiger partial charge in [0.25, 0.3) is 5.91 Å². The first-order chi connectivity index (χ1) is 10.5. The number of nitrogens with zero attached hydrogens (tertiary/aromatic N) is 1. The highest BCUT2D eigenvalue weighted by atomic mass is 16.5.